The summed E-state index contributed by atoms with van der Waals surface area (Å²) in [5, 5.41) is 3.61. The summed E-state index contributed by atoms with van der Waals surface area (Å²) in [6.07, 6.45) is 8.47. The summed E-state index contributed by atoms with van der Waals surface area (Å²) in [7, 11) is 0. The largest absolute Gasteiger partial charge is 0.378 e. The summed E-state index contributed by atoms with van der Waals surface area (Å²) < 4.78 is 11.4. The highest BCUT2D eigenvalue weighted by Crippen LogP contribution is 2.32. The molecule has 2 aliphatic heterocycles. The van der Waals surface area contributed by atoms with Crippen LogP contribution in [0.15, 0.2) is 0 Å². The Kier molecular flexibility index (Phi) is 5.17. The van der Waals surface area contributed by atoms with Gasteiger partial charge in [0.2, 0.25) is 0 Å². The van der Waals surface area contributed by atoms with Crippen LogP contribution in [-0.4, -0.2) is 49.5 Å². The van der Waals surface area contributed by atoms with Crippen molar-refractivity contribution in [1.29, 1.82) is 0 Å². The molecule has 3 nitrogen and oxygen atoms in total. The van der Waals surface area contributed by atoms with Gasteiger partial charge in [-0.05, 0) is 12.8 Å². The highest BCUT2D eigenvalue weighted by molar-refractivity contribution is 7.99. The zero-order chi connectivity index (χ0) is 12.0. The molecule has 0 bridgehead atoms. The van der Waals surface area contributed by atoms with Crippen molar-refractivity contribution >= 4 is 11.8 Å². The van der Waals surface area contributed by atoms with Crippen molar-refractivity contribution in [1.82, 2.24) is 5.32 Å². The van der Waals surface area contributed by atoms with E-state index in [0.29, 0.717) is 6.04 Å². The van der Waals surface area contributed by atoms with Crippen molar-refractivity contribution in [2.45, 2.75) is 30.9 Å². The van der Waals surface area contributed by atoms with Gasteiger partial charge in [-0.3, -0.25) is 0 Å². The Morgan fingerprint density at radius 3 is 3.18 bits per heavy atom. The van der Waals surface area contributed by atoms with Gasteiger partial charge in [-0.2, -0.15) is 0 Å². The van der Waals surface area contributed by atoms with Gasteiger partial charge in [-0.25, -0.2) is 0 Å². The van der Waals surface area contributed by atoms with Crippen LogP contribution in [0.4, 0.5) is 0 Å². The molecule has 96 valence electrons. The maximum Gasteiger partial charge on any atom is 0.0951 e. The fraction of sp³-hybridized carbons (Fsp3) is 0.846. The first-order valence-corrected chi connectivity index (χ1v) is 7.46. The third kappa shape index (κ3) is 3.89. The molecule has 2 heterocycles. The van der Waals surface area contributed by atoms with Crippen LogP contribution >= 0.6 is 11.8 Å². The van der Waals surface area contributed by atoms with Crippen molar-refractivity contribution in [2.75, 3.05) is 37.9 Å². The minimum absolute atomic E-state index is 0.0157. The normalized spacial score (nSPS) is 32.8. The first-order chi connectivity index (χ1) is 8.35. The topological polar surface area (TPSA) is 30.5 Å². The van der Waals surface area contributed by atoms with Crippen molar-refractivity contribution in [3.8, 4) is 12.3 Å². The Balaban J connectivity index is 1.65. The molecule has 2 atom stereocenters. The molecule has 0 saturated carbocycles. The first kappa shape index (κ1) is 13.2. The Hall–Kier alpha value is -0.210. The lowest BCUT2D eigenvalue weighted by atomic mass is 9.90. The lowest BCUT2D eigenvalue weighted by Crippen LogP contribution is -2.47. The van der Waals surface area contributed by atoms with Crippen LogP contribution in [0.3, 0.4) is 0 Å². The van der Waals surface area contributed by atoms with E-state index in [9.17, 15) is 0 Å². The lowest BCUT2D eigenvalue weighted by molar-refractivity contribution is -0.0890. The second-order valence-corrected chi connectivity index (χ2v) is 5.84. The van der Waals surface area contributed by atoms with E-state index in [-0.39, 0.29) is 5.60 Å². The predicted octanol–water partition coefficient (Wildman–Crippen LogP) is 1.28. The SMILES string of the molecule is C#CCSCCNC1CCOC2(CCOC2)C1. The summed E-state index contributed by atoms with van der Waals surface area (Å²) >= 11 is 1.81. The number of hydrogen-bond acceptors (Lipinski definition) is 4. The number of terminal acetylenes is 1. The van der Waals surface area contributed by atoms with Crippen LogP contribution in [0.2, 0.25) is 0 Å². The molecule has 0 aliphatic carbocycles. The number of hydrogen-bond donors (Lipinski definition) is 1. The quantitative estimate of drug-likeness (QED) is 0.592. The van der Waals surface area contributed by atoms with Gasteiger partial charge < -0.3 is 14.8 Å². The molecule has 17 heavy (non-hydrogen) atoms. The fourth-order valence-electron chi connectivity index (χ4n) is 2.53. The standard InChI is InChI=1S/C13H21NO2S/c1-2-8-17-9-5-14-12-3-6-16-13(10-12)4-7-15-11-13/h1,12,14H,3-11H2. The third-order valence-electron chi connectivity index (χ3n) is 3.42. The molecule has 0 amide bonds. The van der Waals surface area contributed by atoms with Gasteiger partial charge in [-0.1, -0.05) is 5.92 Å². The highest BCUT2D eigenvalue weighted by atomic mass is 32.2. The van der Waals surface area contributed by atoms with E-state index in [2.05, 4.69) is 11.2 Å². The number of ether oxygens (including phenoxy) is 2. The van der Waals surface area contributed by atoms with Gasteiger partial charge in [0.15, 0.2) is 0 Å². The second kappa shape index (κ2) is 6.65. The molecule has 2 rings (SSSR count). The van der Waals surface area contributed by atoms with Crippen LogP contribution in [-0.2, 0) is 9.47 Å². The van der Waals surface area contributed by atoms with Crippen molar-refractivity contribution in [3.63, 3.8) is 0 Å². The van der Waals surface area contributed by atoms with Gasteiger partial charge in [0, 0.05) is 38.0 Å². The summed E-state index contributed by atoms with van der Waals surface area (Å²) in [4.78, 5) is 0. The molecule has 0 aromatic heterocycles. The molecule has 2 saturated heterocycles. The lowest BCUT2D eigenvalue weighted by Gasteiger charge is -2.37. The van der Waals surface area contributed by atoms with Crippen LogP contribution in [0.5, 0.6) is 0 Å². The Morgan fingerprint density at radius 1 is 1.47 bits per heavy atom. The van der Waals surface area contributed by atoms with Crippen LogP contribution < -0.4 is 5.32 Å². The van der Waals surface area contributed by atoms with Crippen molar-refractivity contribution in [2.24, 2.45) is 0 Å². The van der Waals surface area contributed by atoms with Gasteiger partial charge in [0.1, 0.15) is 0 Å². The van der Waals surface area contributed by atoms with E-state index >= 15 is 0 Å². The predicted molar refractivity (Wildman–Crippen MR) is 71.3 cm³/mol. The monoisotopic (exact) mass is 255 g/mol. The Morgan fingerprint density at radius 2 is 2.41 bits per heavy atom. The molecule has 0 radical (unpaired) electrons. The zero-order valence-corrected chi connectivity index (χ0v) is 11.1. The highest BCUT2D eigenvalue weighted by Gasteiger charge is 2.40. The number of rotatable bonds is 5. The third-order valence-corrected chi connectivity index (χ3v) is 4.29. The fourth-order valence-corrected chi connectivity index (χ4v) is 3.06. The molecule has 2 aliphatic rings. The minimum atomic E-state index is 0.0157. The van der Waals surface area contributed by atoms with E-state index in [0.717, 1.165) is 57.1 Å². The summed E-state index contributed by atoms with van der Waals surface area (Å²) in [5.41, 5.74) is 0.0157. The van der Waals surface area contributed by atoms with Crippen LogP contribution in [0.25, 0.3) is 0 Å². The van der Waals surface area contributed by atoms with E-state index < -0.39 is 0 Å². The van der Waals surface area contributed by atoms with E-state index in [4.69, 9.17) is 15.9 Å². The van der Waals surface area contributed by atoms with E-state index in [1.165, 1.54) is 0 Å². The maximum absolute atomic E-state index is 5.90. The van der Waals surface area contributed by atoms with E-state index in [1.54, 1.807) is 0 Å². The van der Waals surface area contributed by atoms with Gasteiger partial charge in [0.05, 0.1) is 18.0 Å². The summed E-state index contributed by atoms with van der Waals surface area (Å²) in [6.45, 7) is 3.52. The molecular weight excluding hydrogens is 234 g/mol. The van der Waals surface area contributed by atoms with Crippen molar-refractivity contribution in [3.05, 3.63) is 0 Å². The Labute approximate surface area is 108 Å². The van der Waals surface area contributed by atoms with Gasteiger partial charge >= 0.3 is 0 Å². The maximum atomic E-state index is 5.90. The average Bonchev–Trinajstić information content (AvgIpc) is 2.77. The van der Waals surface area contributed by atoms with Gasteiger partial charge in [-0.15, -0.1) is 18.2 Å². The van der Waals surface area contributed by atoms with Crippen LogP contribution in [0, 0.1) is 12.3 Å². The molecule has 0 aromatic rings. The second-order valence-electron chi connectivity index (χ2n) is 4.73. The van der Waals surface area contributed by atoms with E-state index in [1.807, 2.05) is 11.8 Å². The average molecular weight is 255 g/mol. The Bertz CT molecular complexity index is 271. The zero-order valence-electron chi connectivity index (χ0n) is 10.2. The summed E-state index contributed by atoms with van der Waals surface area (Å²) in [5.74, 6) is 4.55. The summed E-state index contributed by atoms with van der Waals surface area (Å²) in [6, 6.07) is 0.580. The molecule has 2 fully saturated rings. The first-order valence-electron chi connectivity index (χ1n) is 6.31. The van der Waals surface area contributed by atoms with Crippen molar-refractivity contribution < 1.29 is 9.47 Å². The molecular formula is C13H21NO2S. The van der Waals surface area contributed by atoms with Gasteiger partial charge in [0.25, 0.3) is 0 Å². The molecule has 0 aromatic carbocycles. The molecule has 1 spiro atoms. The number of nitrogens with one attached hydrogen (secondary N) is 1. The minimum Gasteiger partial charge on any atom is -0.378 e. The molecule has 4 heteroatoms. The molecule has 1 N–H and O–H groups in total. The van der Waals surface area contributed by atoms with Crippen LogP contribution in [0.1, 0.15) is 19.3 Å². The molecule has 2 unspecified atom stereocenters. The smallest absolute Gasteiger partial charge is 0.0951 e. The number of thioether (sulfide) groups is 1.